The Morgan fingerprint density at radius 3 is 2.16 bits per heavy atom. The third-order valence-electron chi connectivity index (χ3n) is 5.15. The Balaban J connectivity index is 1.67. The monoisotopic (exact) mass is 366 g/mol. The molecule has 3 rings (SSSR count). The molecule has 0 spiro atoms. The molecule has 6 nitrogen and oxygen atoms in total. The van der Waals surface area contributed by atoms with Gasteiger partial charge in [-0.3, -0.25) is 4.79 Å². The fourth-order valence-corrected chi connectivity index (χ4v) is 5.37. The number of rotatable bonds is 4. The van der Waals surface area contributed by atoms with Crippen molar-refractivity contribution in [2.45, 2.75) is 49.6 Å². The molecule has 2 heterocycles. The lowest BCUT2D eigenvalue weighted by atomic mass is 9.99. The van der Waals surface area contributed by atoms with E-state index >= 15 is 0 Å². The van der Waals surface area contributed by atoms with Gasteiger partial charge in [0.05, 0.1) is 4.90 Å². The van der Waals surface area contributed by atoms with Gasteiger partial charge in [-0.25, -0.2) is 8.42 Å². The highest BCUT2D eigenvalue weighted by Crippen LogP contribution is 2.26. The zero-order valence-corrected chi connectivity index (χ0v) is 15.5. The molecule has 0 aromatic heterocycles. The fraction of sp³-hybridized carbons (Fsp3) is 0.611. The first kappa shape index (κ1) is 18.4. The summed E-state index contributed by atoms with van der Waals surface area (Å²) >= 11 is 0. The maximum atomic E-state index is 12.7. The lowest BCUT2D eigenvalue weighted by Crippen LogP contribution is -2.53. The minimum atomic E-state index is -3.45. The molecule has 0 bridgehead atoms. The Kier molecular flexibility index (Phi) is 5.76. The molecule has 2 aliphatic heterocycles. The van der Waals surface area contributed by atoms with Crippen LogP contribution in [0.1, 0.15) is 32.6 Å². The predicted molar refractivity (Wildman–Crippen MR) is 94.6 cm³/mol. The number of piperidine rings is 1. The molecule has 7 heteroatoms. The highest BCUT2D eigenvalue weighted by molar-refractivity contribution is 7.89. The molecular weight excluding hydrogens is 340 g/mol. The number of benzene rings is 1. The Morgan fingerprint density at radius 2 is 1.60 bits per heavy atom. The van der Waals surface area contributed by atoms with Crippen molar-refractivity contribution in [3.8, 4) is 0 Å². The van der Waals surface area contributed by atoms with Gasteiger partial charge < -0.3 is 9.64 Å². The van der Waals surface area contributed by atoms with Crippen LogP contribution in [0.4, 0.5) is 0 Å². The number of carbonyl (C=O) groups excluding carboxylic acids is 1. The van der Waals surface area contributed by atoms with Crippen LogP contribution in [0.3, 0.4) is 0 Å². The van der Waals surface area contributed by atoms with Crippen LogP contribution in [0.15, 0.2) is 35.2 Å². The van der Waals surface area contributed by atoms with E-state index in [1.54, 1.807) is 35.5 Å². The Morgan fingerprint density at radius 1 is 1.04 bits per heavy atom. The van der Waals surface area contributed by atoms with E-state index in [1.807, 2.05) is 11.0 Å². The SMILES string of the molecule is CC(=O)N(C1CCOCC1)C1CCN(S(=O)(=O)c2ccccc2)CC1. The summed E-state index contributed by atoms with van der Waals surface area (Å²) in [7, 11) is -3.45. The molecule has 0 unspecified atom stereocenters. The number of sulfonamides is 1. The average Bonchev–Trinajstić information content (AvgIpc) is 2.64. The van der Waals surface area contributed by atoms with Crippen molar-refractivity contribution in [3.05, 3.63) is 30.3 Å². The molecule has 0 atom stereocenters. The van der Waals surface area contributed by atoms with E-state index < -0.39 is 10.0 Å². The molecule has 1 aromatic carbocycles. The summed E-state index contributed by atoms with van der Waals surface area (Å²) in [6.07, 6.45) is 3.09. The van der Waals surface area contributed by atoms with Gasteiger partial charge in [0.1, 0.15) is 0 Å². The molecule has 2 fully saturated rings. The summed E-state index contributed by atoms with van der Waals surface area (Å²) in [4.78, 5) is 14.5. The molecule has 1 aromatic rings. The third-order valence-corrected chi connectivity index (χ3v) is 7.06. The zero-order valence-electron chi connectivity index (χ0n) is 14.6. The lowest BCUT2D eigenvalue weighted by Gasteiger charge is -2.43. The molecule has 0 saturated carbocycles. The average molecular weight is 366 g/mol. The van der Waals surface area contributed by atoms with Gasteiger partial charge in [0, 0.05) is 45.3 Å². The van der Waals surface area contributed by atoms with Crippen LogP contribution in [0.2, 0.25) is 0 Å². The van der Waals surface area contributed by atoms with E-state index in [9.17, 15) is 13.2 Å². The van der Waals surface area contributed by atoms with E-state index in [4.69, 9.17) is 4.74 Å². The van der Waals surface area contributed by atoms with Gasteiger partial charge >= 0.3 is 0 Å². The molecular formula is C18H26N2O4S. The minimum absolute atomic E-state index is 0.0799. The van der Waals surface area contributed by atoms with Crippen LogP contribution < -0.4 is 0 Å². The van der Waals surface area contributed by atoms with Crippen LogP contribution in [0.5, 0.6) is 0 Å². The molecule has 0 radical (unpaired) electrons. The van der Waals surface area contributed by atoms with E-state index in [0.29, 0.717) is 44.0 Å². The largest absolute Gasteiger partial charge is 0.381 e. The topological polar surface area (TPSA) is 66.9 Å². The first-order valence-electron chi connectivity index (χ1n) is 8.92. The standard InChI is InChI=1S/C18H26N2O4S/c1-15(21)20(17-9-13-24-14-10-17)16-7-11-19(12-8-16)25(22,23)18-5-3-2-4-6-18/h2-6,16-17H,7-14H2,1H3. The number of carbonyl (C=O) groups is 1. The first-order chi connectivity index (χ1) is 12.0. The van der Waals surface area contributed by atoms with E-state index in [-0.39, 0.29) is 18.0 Å². The van der Waals surface area contributed by atoms with E-state index in [1.165, 1.54) is 0 Å². The van der Waals surface area contributed by atoms with Gasteiger partial charge in [-0.2, -0.15) is 4.31 Å². The molecule has 0 N–H and O–H groups in total. The minimum Gasteiger partial charge on any atom is -0.381 e. The summed E-state index contributed by atoms with van der Waals surface area (Å²) in [6.45, 7) is 3.90. The van der Waals surface area contributed by atoms with Gasteiger partial charge in [0.2, 0.25) is 15.9 Å². The highest BCUT2D eigenvalue weighted by atomic mass is 32.2. The number of hydrogen-bond acceptors (Lipinski definition) is 4. The van der Waals surface area contributed by atoms with Crippen LogP contribution in [-0.4, -0.2) is 61.9 Å². The number of nitrogens with zero attached hydrogens (tertiary/aromatic N) is 2. The second-order valence-corrected chi connectivity index (χ2v) is 8.66. The normalized spacial score (nSPS) is 21.2. The van der Waals surface area contributed by atoms with Crippen molar-refractivity contribution in [1.29, 1.82) is 0 Å². The van der Waals surface area contributed by atoms with Crippen molar-refractivity contribution < 1.29 is 17.9 Å². The van der Waals surface area contributed by atoms with Crippen molar-refractivity contribution >= 4 is 15.9 Å². The maximum absolute atomic E-state index is 12.7. The third kappa shape index (κ3) is 4.04. The maximum Gasteiger partial charge on any atom is 0.243 e. The number of ether oxygens (including phenoxy) is 1. The predicted octanol–water partition coefficient (Wildman–Crippen LogP) is 1.87. The Bertz CT molecular complexity index is 678. The highest BCUT2D eigenvalue weighted by Gasteiger charge is 2.35. The Labute approximate surface area is 149 Å². The van der Waals surface area contributed by atoms with Crippen molar-refractivity contribution in [3.63, 3.8) is 0 Å². The molecule has 138 valence electrons. The van der Waals surface area contributed by atoms with E-state index in [2.05, 4.69) is 0 Å². The van der Waals surface area contributed by atoms with Crippen molar-refractivity contribution in [2.75, 3.05) is 26.3 Å². The molecule has 2 saturated heterocycles. The van der Waals surface area contributed by atoms with Crippen LogP contribution >= 0.6 is 0 Å². The number of hydrogen-bond donors (Lipinski definition) is 0. The van der Waals surface area contributed by atoms with Crippen molar-refractivity contribution in [2.24, 2.45) is 0 Å². The summed E-state index contributed by atoms with van der Waals surface area (Å²) in [5.74, 6) is 0.0799. The van der Waals surface area contributed by atoms with E-state index in [0.717, 1.165) is 12.8 Å². The van der Waals surface area contributed by atoms with Gasteiger partial charge in [-0.1, -0.05) is 18.2 Å². The smallest absolute Gasteiger partial charge is 0.243 e. The van der Waals surface area contributed by atoms with Crippen molar-refractivity contribution in [1.82, 2.24) is 9.21 Å². The summed E-state index contributed by atoms with van der Waals surface area (Å²) < 4.78 is 32.4. The molecule has 25 heavy (non-hydrogen) atoms. The van der Waals surface area contributed by atoms with Gasteiger partial charge in [-0.15, -0.1) is 0 Å². The summed E-state index contributed by atoms with van der Waals surface area (Å²) in [5, 5.41) is 0. The quantitative estimate of drug-likeness (QED) is 0.816. The summed E-state index contributed by atoms with van der Waals surface area (Å²) in [6, 6.07) is 8.88. The fourth-order valence-electron chi connectivity index (χ4n) is 3.88. The molecule has 2 aliphatic rings. The summed E-state index contributed by atoms with van der Waals surface area (Å²) in [5.41, 5.74) is 0. The van der Waals surface area contributed by atoms with Crippen LogP contribution in [-0.2, 0) is 19.6 Å². The Hall–Kier alpha value is -1.44. The first-order valence-corrected chi connectivity index (χ1v) is 10.4. The second kappa shape index (κ2) is 7.85. The zero-order chi connectivity index (χ0) is 17.9. The van der Waals surface area contributed by atoms with Crippen LogP contribution in [0.25, 0.3) is 0 Å². The molecule has 0 aliphatic carbocycles. The number of amides is 1. The van der Waals surface area contributed by atoms with Gasteiger partial charge in [-0.05, 0) is 37.8 Å². The lowest BCUT2D eigenvalue weighted by molar-refractivity contribution is -0.137. The van der Waals surface area contributed by atoms with Gasteiger partial charge in [0.25, 0.3) is 0 Å². The second-order valence-electron chi connectivity index (χ2n) is 6.72. The molecule has 1 amide bonds. The van der Waals surface area contributed by atoms with Crippen LogP contribution in [0, 0.1) is 0 Å². The van der Waals surface area contributed by atoms with Gasteiger partial charge in [0.15, 0.2) is 0 Å².